The fraction of sp³-hybridized carbons (Fsp3) is 0.500. The number of hydrogen-bond donors (Lipinski definition) is 1. The van der Waals surface area contributed by atoms with Crippen LogP contribution in [0.3, 0.4) is 0 Å². The van der Waals surface area contributed by atoms with Crippen LogP contribution in [0.5, 0.6) is 0 Å². The number of esters is 1. The first-order chi connectivity index (χ1) is 7.65. The monoisotopic (exact) mass is 228 g/mol. The van der Waals surface area contributed by atoms with E-state index in [1.165, 1.54) is 24.2 Å². The molecule has 6 heteroatoms. The molecule has 1 rings (SSSR count). The molecule has 16 heavy (non-hydrogen) atoms. The third-order valence-corrected chi connectivity index (χ3v) is 1.88. The van der Waals surface area contributed by atoms with Crippen molar-refractivity contribution in [3.8, 4) is 0 Å². The normalized spacial score (nSPS) is 11.0. The van der Waals surface area contributed by atoms with Crippen molar-refractivity contribution in [3.63, 3.8) is 0 Å². The van der Waals surface area contributed by atoms with E-state index >= 15 is 0 Å². The molecule has 1 aromatic heterocycles. The van der Waals surface area contributed by atoms with Gasteiger partial charge in [-0.2, -0.15) is 0 Å². The van der Waals surface area contributed by atoms with Crippen LogP contribution in [0.15, 0.2) is 18.7 Å². The maximum atomic E-state index is 11.6. The highest BCUT2D eigenvalue weighted by molar-refractivity contribution is 5.85. The van der Waals surface area contributed by atoms with Crippen molar-refractivity contribution in [2.24, 2.45) is 5.92 Å². The Hall–Kier alpha value is -1.69. The van der Waals surface area contributed by atoms with E-state index in [1.54, 1.807) is 13.1 Å². The lowest BCUT2D eigenvalue weighted by atomic mass is 10.1. The van der Waals surface area contributed by atoms with Gasteiger partial charge in [0.05, 0.1) is 13.5 Å². The van der Waals surface area contributed by atoms with Crippen molar-refractivity contribution in [3.05, 3.63) is 18.7 Å². The summed E-state index contributed by atoms with van der Waals surface area (Å²) in [7, 11) is 2.30. The number of carbonyl (C=O) groups is 2. The first-order valence-electron chi connectivity index (χ1n) is 4.69. The number of nitrogens with zero attached hydrogens (tertiary/aromatic N) is 2. The Morgan fingerprint density at radius 1 is 1.50 bits per heavy atom. The van der Waals surface area contributed by atoms with Crippen LogP contribution in [0.25, 0.3) is 0 Å². The van der Waals surface area contributed by atoms with E-state index < -0.39 is 5.92 Å². The van der Waals surface area contributed by atoms with Gasteiger partial charge in [-0.1, -0.05) is 6.92 Å². The van der Waals surface area contributed by atoms with Gasteiger partial charge < -0.3 is 9.84 Å². The molecule has 6 nitrogen and oxygen atoms in total. The smallest absolute Gasteiger partial charge is 0.306 e. The highest BCUT2D eigenvalue weighted by atomic mass is 16.5. The van der Waals surface area contributed by atoms with Gasteiger partial charge in [0, 0.05) is 25.4 Å². The second-order valence-electron chi connectivity index (χ2n) is 2.99. The molecule has 1 N–H and O–H groups in total. The molecule has 90 valence electrons. The first-order valence-corrected chi connectivity index (χ1v) is 4.69. The maximum absolute atomic E-state index is 11.6. The van der Waals surface area contributed by atoms with Crippen LogP contribution < -0.4 is 0 Å². The molecule has 1 atom stereocenters. The van der Waals surface area contributed by atoms with E-state index in [1.807, 2.05) is 0 Å². The van der Waals surface area contributed by atoms with E-state index in [4.69, 9.17) is 5.11 Å². The molecule has 0 fully saturated rings. The van der Waals surface area contributed by atoms with E-state index in [-0.39, 0.29) is 18.3 Å². The quantitative estimate of drug-likeness (QED) is 0.754. The number of aromatic nitrogens is 2. The number of hydrogen-bond acceptors (Lipinski definition) is 5. The summed E-state index contributed by atoms with van der Waals surface area (Å²) >= 11 is 0. The summed E-state index contributed by atoms with van der Waals surface area (Å²) in [5, 5.41) is 7.00. The van der Waals surface area contributed by atoms with Crippen molar-refractivity contribution in [1.29, 1.82) is 0 Å². The minimum absolute atomic E-state index is 0.0908. The summed E-state index contributed by atoms with van der Waals surface area (Å²) in [6.07, 6.45) is 4.57. The number of methoxy groups -OCH3 is 1. The van der Waals surface area contributed by atoms with Crippen LogP contribution in [0.1, 0.15) is 18.1 Å². The summed E-state index contributed by atoms with van der Waals surface area (Å²) in [5.74, 6) is -0.935. The Kier molecular flexibility index (Phi) is 6.78. The van der Waals surface area contributed by atoms with Gasteiger partial charge in [-0.15, -0.1) is 0 Å². The Labute approximate surface area is 93.9 Å². The summed E-state index contributed by atoms with van der Waals surface area (Å²) in [5.41, 5.74) is 0. The van der Waals surface area contributed by atoms with Crippen molar-refractivity contribution in [1.82, 2.24) is 9.55 Å². The molecule has 0 aliphatic heterocycles. The molecule has 0 spiro atoms. The highest BCUT2D eigenvalue weighted by Gasteiger charge is 2.18. The van der Waals surface area contributed by atoms with E-state index in [2.05, 4.69) is 9.72 Å². The van der Waals surface area contributed by atoms with E-state index in [0.29, 0.717) is 0 Å². The molecular weight excluding hydrogens is 212 g/mol. The Morgan fingerprint density at radius 3 is 2.56 bits per heavy atom. The average molecular weight is 228 g/mol. The summed E-state index contributed by atoms with van der Waals surface area (Å²) in [6.45, 7) is 1.68. The lowest BCUT2D eigenvalue weighted by molar-refractivity contribution is -0.141. The Balaban J connectivity index is 0.00000106. The third kappa shape index (κ3) is 4.22. The lowest BCUT2D eigenvalue weighted by Gasteiger charge is -2.08. The molecule has 1 heterocycles. The predicted octanol–water partition coefficient (Wildman–Crippen LogP) is 0.331. The van der Waals surface area contributed by atoms with Crippen molar-refractivity contribution in [2.75, 3.05) is 14.2 Å². The van der Waals surface area contributed by atoms with Gasteiger partial charge in [0.25, 0.3) is 0 Å². The van der Waals surface area contributed by atoms with Crippen LogP contribution in [0, 0.1) is 5.92 Å². The minimum atomic E-state index is -0.392. The van der Waals surface area contributed by atoms with Gasteiger partial charge in [0.15, 0.2) is 0 Å². The zero-order valence-corrected chi connectivity index (χ0v) is 9.58. The molecule has 0 aliphatic carbocycles. The maximum Gasteiger partial charge on any atom is 0.306 e. The summed E-state index contributed by atoms with van der Waals surface area (Å²) in [6, 6.07) is 0. The number of rotatable bonds is 3. The fourth-order valence-corrected chi connectivity index (χ4v) is 1.06. The van der Waals surface area contributed by atoms with Crippen LogP contribution >= 0.6 is 0 Å². The first kappa shape index (κ1) is 14.3. The van der Waals surface area contributed by atoms with E-state index in [0.717, 1.165) is 7.11 Å². The molecule has 1 aromatic rings. The molecule has 0 unspecified atom stereocenters. The third-order valence-electron chi connectivity index (χ3n) is 1.88. The summed E-state index contributed by atoms with van der Waals surface area (Å²) < 4.78 is 5.83. The minimum Gasteiger partial charge on any atom is -0.469 e. The lowest BCUT2D eigenvalue weighted by Crippen LogP contribution is -2.21. The summed E-state index contributed by atoms with van der Waals surface area (Å²) in [4.78, 5) is 26.2. The van der Waals surface area contributed by atoms with Crippen molar-refractivity contribution >= 4 is 11.9 Å². The SMILES string of the molecule is CO.COC(=O)C[C@H](C)C(=O)n1ccnc1. The second kappa shape index (κ2) is 7.58. The zero-order valence-electron chi connectivity index (χ0n) is 9.58. The van der Waals surface area contributed by atoms with Crippen molar-refractivity contribution < 1.29 is 19.4 Å². The molecule has 0 bridgehead atoms. The molecule has 0 aromatic carbocycles. The van der Waals surface area contributed by atoms with Gasteiger partial charge in [0.1, 0.15) is 6.33 Å². The topological polar surface area (TPSA) is 81.4 Å². The number of carbonyl (C=O) groups excluding carboxylic acids is 2. The van der Waals surface area contributed by atoms with Crippen LogP contribution in [0.4, 0.5) is 0 Å². The zero-order chi connectivity index (χ0) is 12.6. The molecule has 0 aliphatic rings. The molecular formula is C10H16N2O4. The standard InChI is InChI=1S/C9H12N2O3.CH4O/c1-7(5-8(12)14-2)9(13)11-4-3-10-6-11;1-2/h3-4,6-7H,5H2,1-2H3;2H,1H3/t7-;/m0./s1. The largest absolute Gasteiger partial charge is 0.469 e. The predicted molar refractivity (Wildman–Crippen MR) is 56.8 cm³/mol. The Bertz CT molecular complexity index is 322. The molecule has 0 saturated heterocycles. The molecule has 0 radical (unpaired) electrons. The van der Waals surface area contributed by atoms with Gasteiger partial charge >= 0.3 is 5.97 Å². The molecule has 0 amide bonds. The van der Waals surface area contributed by atoms with Gasteiger partial charge in [0.2, 0.25) is 5.91 Å². The average Bonchev–Trinajstić information content (AvgIpc) is 2.84. The fourth-order valence-electron chi connectivity index (χ4n) is 1.06. The van der Waals surface area contributed by atoms with Crippen molar-refractivity contribution in [2.45, 2.75) is 13.3 Å². The highest BCUT2D eigenvalue weighted by Crippen LogP contribution is 2.06. The molecule has 0 saturated carbocycles. The number of imidazole rings is 1. The van der Waals surface area contributed by atoms with Crippen LogP contribution in [-0.4, -0.2) is 40.8 Å². The second-order valence-corrected chi connectivity index (χ2v) is 2.99. The number of aliphatic hydroxyl groups is 1. The number of aliphatic hydroxyl groups excluding tert-OH is 1. The van der Waals surface area contributed by atoms with Gasteiger partial charge in [-0.05, 0) is 0 Å². The van der Waals surface area contributed by atoms with Crippen LogP contribution in [-0.2, 0) is 9.53 Å². The Morgan fingerprint density at radius 2 is 2.12 bits per heavy atom. The van der Waals surface area contributed by atoms with Gasteiger partial charge in [-0.3, -0.25) is 14.2 Å². The van der Waals surface area contributed by atoms with Gasteiger partial charge in [-0.25, -0.2) is 4.98 Å². The van der Waals surface area contributed by atoms with Crippen LogP contribution in [0.2, 0.25) is 0 Å². The van der Waals surface area contributed by atoms with E-state index in [9.17, 15) is 9.59 Å². The number of ether oxygens (including phenoxy) is 1.